The molecule has 0 atom stereocenters. The third-order valence-electron chi connectivity index (χ3n) is 5.26. The molecule has 25 heavy (non-hydrogen) atoms. The van der Waals surface area contributed by atoms with E-state index in [2.05, 4.69) is 89.2 Å². The van der Waals surface area contributed by atoms with Crippen LogP contribution in [0, 0.1) is 0 Å². The molecule has 0 spiro atoms. The lowest BCUT2D eigenvalue weighted by Crippen LogP contribution is -2.44. The minimum Gasteiger partial charge on any atom is -0.139 e. The molecule has 0 aromatic carbocycles. The Morgan fingerprint density at radius 2 is 1.00 bits per heavy atom. The summed E-state index contributed by atoms with van der Waals surface area (Å²) in [6.07, 6.45) is 12.7. The minimum absolute atomic E-state index is 0.237. The van der Waals surface area contributed by atoms with Crippen molar-refractivity contribution < 1.29 is 0 Å². The Balaban J connectivity index is 3.78. The molecule has 1 rings (SSSR count). The summed E-state index contributed by atoms with van der Waals surface area (Å²) in [5.41, 5.74) is 3.63. The van der Waals surface area contributed by atoms with Crippen LogP contribution in [0.5, 0.6) is 0 Å². The van der Waals surface area contributed by atoms with E-state index in [1.165, 1.54) is 38.5 Å². The van der Waals surface area contributed by atoms with E-state index in [-0.39, 0.29) is 4.08 Å². The van der Waals surface area contributed by atoms with Crippen molar-refractivity contribution in [2.45, 2.75) is 95.7 Å². The molecule has 4 heteroatoms. The average Bonchev–Trinajstić information content (AvgIpc) is 2.80. The van der Waals surface area contributed by atoms with Gasteiger partial charge in [0.2, 0.25) is 0 Å². The summed E-state index contributed by atoms with van der Waals surface area (Å²) in [4.78, 5) is 0. The van der Waals surface area contributed by atoms with E-state index >= 15 is 0 Å². The first-order chi connectivity index (χ1) is 11.5. The van der Waals surface area contributed by atoms with Gasteiger partial charge in [0.05, 0.1) is 20.2 Å². The molecule has 1 aliphatic rings. The summed E-state index contributed by atoms with van der Waals surface area (Å²) in [5, 5.41) is 3.77. The highest BCUT2D eigenvalue weighted by Crippen LogP contribution is 2.60. The van der Waals surface area contributed by atoms with Gasteiger partial charge in [-0.15, -0.1) is 23.5 Å². The Hall–Kier alpha value is 0.614. The van der Waals surface area contributed by atoms with Gasteiger partial charge in [0, 0.05) is 0 Å². The molecule has 0 N–H and O–H groups in total. The van der Waals surface area contributed by atoms with Gasteiger partial charge in [-0.3, -0.25) is 0 Å². The molecule has 0 nitrogen and oxygen atoms in total. The Morgan fingerprint density at radius 3 is 1.20 bits per heavy atom. The molecule has 0 unspecified atom stereocenters. The van der Waals surface area contributed by atoms with Gasteiger partial charge in [0.15, 0.2) is 0 Å². The zero-order valence-corrected chi connectivity index (χ0v) is 22.2. The Bertz CT molecular complexity index is 471. The van der Waals surface area contributed by atoms with Crippen molar-refractivity contribution >= 4 is 39.7 Å². The highest BCUT2D eigenvalue weighted by molar-refractivity contribution is 8.18. The lowest BCUT2D eigenvalue weighted by Gasteiger charge is -2.42. The molecule has 146 valence electrons. The number of allylic oxidation sites excluding steroid dienone is 2. The van der Waals surface area contributed by atoms with Gasteiger partial charge >= 0.3 is 0 Å². The van der Waals surface area contributed by atoms with Gasteiger partial charge in [-0.05, 0) is 59.7 Å². The first-order valence-corrected chi connectivity index (χ1v) is 19.5. The fourth-order valence-corrected chi connectivity index (χ4v) is 16.1. The summed E-state index contributed by atoms with van der Waals surface area (Å²) in [6.45, 7) is 20.2. The summed E-state index contributed by atoms with van der Waals surface area (Å²) >= 11 is 4.28. The summed E-state index contributed by atoms with van der Waals surface area (Å²) in [6, 6.07) is 0. The zero-order chi connectivity index (χ0) is 19.5. The lowest BCUT2D eigenvalue weighted by atomic mass is 9.99. The normalized spacial score (nSPS) is 18.5. The van der Waals surface area contributed by atoms with Crippen LogP contribution in [0.2, 0.25) is 39.3 Å². The standard InChI is InChI=1S/C21H42S2Si2/c1-11-13-15-17-18(16-14-12-2)20(25(8,9)10)21(22-3,23-4)19(17)24(5,6)7/h11-16H2,1-10H3. The topological polar surface area (TPSA) is 0 Å². The van der Waals surface area contributed by atoms with Crippen LogP contribution >= 0.6 is 23.5 Å². The second-order valence-electron chi connectivity index (χ2n) is 9.44. The van der Waals surface area contributed by atoms with Crippen molar-refractivity contribution in [1.29, 1.82) is 0 Å². The molecule has 0 aromatic rings. The fraction of sp³-hybridized carbons (Fsp3) is 0.810. The Morgan fingerprint density at radius 1 is 0.680 bits per heavy atom. The number of hydrogen-bond acceptors (Lipinski definition) is 2. The minimum atomic E-state index is -1.40. The lowest BCUT2D eigenvalue weighted by molar-refractivity contribution is 0.754. The van der Waals surface area contributed by atoms with E-state index in [0.717, 1.165) is 0 Å². The fourth-order valence-electron chi connectivity index (χ4n) is 4.47. The molecule has 0 bridgehead atoms. The van der Waals surface area contributed by atoms with Gasteiger partial charge in [0.1, 0.15) is 0 Å². The van der Waals surface area contributed by atoms with Crippen LogP contribution in [0.3, 0.4) is 0 Å². The molecule has 0 heterocycles. The van der Waals surface area contributed by atoms with Crippen molar-refractivity contribution in [2.75, 3.05) is 12.5 Å². The average molecular weight is 415 g/mol. The van der Waals surface area contributed by atoms with Crippen LogP contribution in [0.15, 0.2) is 21.5 Å². The van der Waals surface area contributed by atoms with Crippen LogP contribution in [0.4, 0.5) is 0 Å². The third-order valence-corrected chi connectivity index (χ3v) is 13.3. The smallest absolute Gasteiger partial charge is 0.0968 e. The van der Waals surface area contributed by atoms with Gasteiger partial charge in [-0.2, -0.15) is 0 Å². The number of unbranched alkanes of at least 4 members (excludes halogenated alkanes) is 2. The van der Waals surface area contributed by atoms with Gasteiger partial charge in [0.25, 0.3) is 0 Å². The quantitative estimate of drug-likeness (QED) is 0.261. The van der Waals surface area contributed by atoms with Crippen molar-refractivity contribution in [2.24, 2.45) is 0 Å². The predicted octanol–water partition coefficient (Wildman–Crippen LogP) is 8.15. The maximum Gasteiger partial charge on any atom is 0.0968 e. The molecular formula is C21H42S2Si2. The molecule has 0 saturated heterocycles. The predicted molar refractivity (Wildman–Crippen MR) is 130 cm³/mol. The molecule has 0 amide bonds. The van der Waals surface area contributed by atoms with Crippen molar-refractivity contribution in [3.63, 3.8) is 0 Å². The van der Waals surface area contributed by atoms with Gasteiger partial charge in [-0.1, -0.05) is 66.0 Å². The molecule has 0 radical (unpaired) electrons. The third kappa shape index (κ3) is 4.91. The summed E-state index contributed by atoms with van der Waals surface area (Å²) in [7, 11) is -2.80. The van der Waals surface area contributed by atoms with E-state index < -0.39 is 16.1 Å². The monoisotopic (exact) mass is 414 g/mol. The Labute approximate surface area is 169 Å². The van der Waals surface area contributed by atoms with Gasteiger partial charge < -0.3 is 0 Å². The van der Waals surface area contributed by atoms with E-state index in [9.17, 15) is 0 Å². The number of thioether (sulfide) groups is 2. The largest absolute Gasteiger partial charge is 0.139 e. The second kappa shape index (κ2) is 9.21. The zero-order valence-electron chi connectivity index (χ0n) is 18.6. The SMILES string of the molecule is CCCCC1=C([Si](C)(C)C)C(SC)(SC)C([Si](C)(C)C)=C1CCCC. The molecule has 0 aliphatic heterocycles. The van der Waals surface area contributed by atoms with E-state index in [1.54, 1.807) is 0 Å². The molecule has 1 aliphatic carbocycles. The van der Waals surface area contributed by atoms with Crippen molar-refractivity contribution in [3.05, 3.63) is 21.5 Å². The van der Waals surface area contributed by atoms with E-state index in [0.29, 0.717) is 0 Å². The highest BCUT2D eigenvalue weighted by atomic mass is 32.2. The molecule has 0 saturated carbocycles. The Kier molecular flexibility index (Phi) is 8.71. The van der Waals surface area contributed by atoms with Crippen LogP contribution in [0.25, 0.3) is 0 Å². The number of hydrogen-bond donors (Lipinski definition) is 0. The van der Waals surface area contributed by atoms with Crippen LogP contribution in [-0.2, 0) is 0 Å². The van der Waals surface area contributed by atoms with E-state index in [1.807, 2.05) is 21.5 Å². The van der Waals surface area contributed by atoms with Gasteiger partial charge in [-0.25, -0.2) is 0 Å². The van der Waals surface area contributed by atoms with Crippen LogP contribution < -0.4 is 0 Å². The first kappa shape index (κ1) is 23.7. The second-order valence-corrected chi connectivity index (χ2v) is 21.7. The summed E-state index contributed by atoms with van der Waals surface area (Å²) < 4.78 is 0.237. The van der Waals surface area contributed by atoms with Crippen LogP contribution in [-0.4, -0.2) is 32.7 Å². The number of rotatable bonds is 10. The molecule has 0 fully saturated rings. The van der Waals surface area contributed by atoms with Crippen LogP contribution in [0.1, 0.15) is 52.4 Å². The van der Waals surface area contributed by atoms with E-state index in [4.69, 9.17) is 0 Å². The van der Waals surface area contributed by atoms with Crippen molar-refractivity contribution in [1.82, 2.24) is 0 Å². The molecule has 0 aromatic heterocycles. The summed E-state index contributed by atoms with van der Waals surface area (Å²) in [5.74, 6) is 0. The molecular weight excluding hydrogens is 373 g/mol. The maximum absolute atomic E-state index is 2.58. The maximum atomic E-state index is 2.58. The first-order valence-electron chi connectivity index (χ1n) is 10.1. The van der Waals surface area contributed by atoms with Crippen molar-refractivity contribution in [3.8, 4) is 0 Å². The highest BCUT2D eigenvalue weighted by Gasteiger charge is 2.52.